The summed E-state index contributed by atoms with van der Waals surface area (Å²) in [5.74, 6) is 1.01. The number of ether oxygens (including phenoxy) is 1. The molecule has 0 aliphatic heterocycles. The van der Waals surface area contributed by atoms with Crippen LogP contribution in [0.5, 0.6) is 5.75 Å². The van der Waals surface area contributed by atoms with Crippen LogP contribution in [0.25, 0.3) is 0 Å². The zero-order chi connectivity index (χ0) is 14.4. The fourth-order valence-electron chi connectivity index (χ4n) is 1.83. The van der Waals surface area contributed by atoms with E-state index < -0.39 is 6.09 Å². The number of nitrogens with zero attached hydrogens (tertiary/aromatic N) is 2. The molecule has 5 heteroatoms. The maximum atomic E-state index is 11.9. The number of amides is 1. The molecule has 0 bridgehead atoms. The highest BCUT2D eigenvalue weighted by molar-refractivity contribution is 5.85. The van der Waals surface area contributed by atoms with Crippen molar-refractivity contribution in [3.63, 3.8) is 0 Å². The molecule has 2 rings (SSSR count). The van der Waals surface area contributed by atoms with Crippen molar-refractivity contribution in [2.75, 3.05) is 5.32 Å². The summed E-state index contributed by atoms with van der Waals surface area (Å²) in [5, 5.41) is 2.59. The number of aromatic nitrogens is 2. The molecule has 1 heterocycles. The number of nitrogens with one attached hydrogen (secondary N) is 1. The third-order valence-electron chi connectivity index (χ3n) is 2.73. The highest BCUT2D eigenvalue weighted by Gasteiger charge is 2.09. The SMILES string of the molecule is CCCc1ccccc1OC(=O)Nc1cc(C)ncn1. The standard InChI is InChI=1S/C15H17N3O2/c1-3-6-12-7-4-5-8-13(12)20-15(19)18-14-9-11(2)16-10-17-14/h4-5,7-10H,3,6H2,1-2H3,(H,16,17,18,19). The molecule has 1 amide bonds. The van der Waals surface area contributed by atoms with Gasteiger partial charge in [-0.2, -0.15) is 0 Å². The Balaban J connectivity index is 2.05. The largest absolute Gasteiger partial charge is 0.418 e. The zero-order valence-electron chi connectivity index (χ0n) is 11.6. The van der Waals surface area contributed by atoms with Gasteiger partial charge >= 0.3 is 6.09 Å². The summed E-state index contributed by atoms with van der Waals surface area (Å²) in [6, 6.07) is 9.20. The second-order valence-corrected chi connectivity index (χ2v) is 4.42. The van der Waals surface area contributed by atoms with E-state index in [1.807, 2.05) is 25.1 Å². The number of rotatable bonds is 4. The molecule has 1 N–H and O–H groups in total. The van der Waals surface area contributed by atoms with Gasteiger partial charge in [0.2, 0.25) is 0 Å². The summed E-state index contributed by atoms with van der Waals surface area (Å²) in [6.07, 6.45) is 2.71. The summed E-state index contributed by atoms with van der Waals surface area (Å²) < 4.78 is 5.33. The molecule has 0 saturated carbocycles. The Kier molecular flexibility index (Phi) is 4.65. The van der Waals surface area contributed by atoms with Crippen molar-refractivity contribution < 1.29 is 9.53 Å². The van der Waals surface area contributed by atoms with Crippen LogP contribution in [0, 0.1) is 6.92 Å². The van der Waals surface area contributed by atoms with Crippen molar-refractivity contribution in [1.82, 2.24) is 9.97 Å². The lowest BCUT2D eigenvalue weighted by Crippen LogP contribution is -2.18. The van der Waals surface area contributed by atoms with E-state index in [-0.39, 0.29) is 0 Å². The Morgan fingerprint density at radius 2 is 2.10 bits per heavy atom. The summed E-state index contributed by atoms with van der Waals surface area (Å²) in [6.45, 7) is 3.91. The Labute approximate surface area is 118 Å². The van der Waals surface area contributed by atoms with Gasteiger partial charge in [-0.05, 0) is 25.0 Å². The van der Waals surface area contributed by atoms with Gasteiger partial charge in [0.15, 0.2) is 0 Å². The molecule has 5 nitrogen and oxygen atoms in total. The van der Waals surface area contributed by atoms with Gasteiger partial charge in [0.1, 0.15) is 17.9 Å². The Hall–Kier alpha value is -2.43. The summed E-state index contributed by atoms with van der Waals surface area (Å²) in [4.78, 5) is 19.8. The number of hydrogen-bond acceptors (Lipinski definition) is 4. The second-order valence-electron chi connectivity index (χ2n) is 4.42. The zero-order valence-corrected chi connectivity index (χ0v) is 11.6. The maximum Gasteiger partial charge on any atom is 0.418 e. The van der Waals surface area contributed by atoms with Gasteiger partial charge in [-0.15, -0.1) is 0 Å². The topological polar surface area (TPSA) is 64.1 Å². The molecule has 0 unspecified atom stereocenters. The van der Waals surface area contributed by atoms with Crippen LogP contribution in [0.1, 0.15) is 24.6 Å². The molecule has 0 spiro atoms. The minimum absolute atomic E-state index is 0.426. The Morgan fingerprint density at radius 1 is 1.30 bits per heavy atom. The Morgan fingerprint density at radius 3 is 2.85 bits per heavy atom. The normalized spacial score (nSPS) is 10.1. The van der Waals surface area contributed by atoms with Crippen molar-refractivity contribution in [2.45, 2.75) is 26.7 Å². The molecule has 2 aromatic rings. The molecule has 0 aliphatic rings. The van der Waals surface area contributed by atoms with E-state index in [2.05, 4.69) is 22.2 Å². The highest BCUT2D eigenvalue weighted by Crippen LogP contribution is 2.20. The van der Waals surface area contributed by atoms with E-state index in [9.17, 15) is 4.79 Å². The molecule has 1 aromatic heterocycles. The van der Waals surface area contributed by atoms with Crippen LogP contribution in [0.3, 0.4) is 0 Å². The van der Waals surface area contributed by atoms with Crippen LogP contribution in [0.15, 0.2) is 36.7 Å². The average molecular weight is 271 g/mol. The molecule has 0 atom stereocenters. The molecular weight excluding hydrogens is 254 g/mol. The summed E-state index contributed by atoms with van der Waals surface area (Å²) >= 11 is 0. The lowest BCUT2D eigenvalue weighted by molar-refractivity contribution is 0.214. The number of anilines is 1. The van der Waals surface area contributed by atoms with E-state index >= 15 is 0 Å². The molecule has 0 radical (unpaired) electrons. The first-order valence-electron chi connectivity index (χ1n) is 6.54. The number of carbonyl (C=O) groups is 1. The highest BCUT2D eigenvalue weighted by atomic mass is 16.6. The van der Waals surface area contributed by atoms with Crippen LogP contribution in [0.2, 0.25) is 0 Å². The van der Waals surface area contributed by atoms with E-state index in [0.717, 1.165) is 24.1 Å². The van der Waals surface area contributed by atoms with Gasteiger partial charge in [0.25, 0.3) is 0 Å². The van der Waals surface area contributed by atoms with Gasteiger partial charge in [-0.3, -0.25) is 5.32 Å². The van der Waals surface area contributed by atoms with Crippen molar-refractivity contribution in [3.8, 4) is 5.75 Å². The van der Waals surface area contributed by atoms with Crippen LogP contribution in [-0.2, 0) is 6.42 Å². The molecule has 0 saturated heterocycles. The van der Waals surface area contributed by atoms with Crippen LogP contribution in [0.4, 0.5) is 10.6 Å². The predicted molar refractivity (Wildman–Crippen MR) is 76.9 cm³/mol. The number of para-hydroxylation sites is 1. The maximum absolute atomic E-state index is 11.9. The van der Waals surface area contributed by atoms with Gasteiger partial charge < -0.3 is 4.74 Å². The van der Waals surface area contributed by atoms with Crippen LogP contribution < -0.4 is 10.1 Å². The molecule has 0 aliphatic carbocycles. The lowest BCUT2D eigenvalue weighted by Gasteiger charge is -2.10. The molecule has 20 heavy (non-hydrogen) atoms. The van der Waals surface area contributed by atoms with E-state index in [0.29, 0.717) is 11.6 Å². The summed E-state index contributed by atoms with van der Waals surface area (Å²) in [7, 11) is 0. The molecule has 1 aromatic carbocycles. The van der Waals surface area contributed by atoms with Gasteiger partial charge in [-0.1, -0.05) is 31.5 Å². The average Bonchev–Trinajstić information content (AvgIpc) is 2.41. The van der Waals surface area contributed by atoms with E-state index in [1.54, 1.807) is 12.1 Å². The number of aryl methyl sites for hydroxylation is 2. The quantitative estimate of drug-likeness (QED) is 0.926. The summed E-state index contributed by atoms with van der Waals surface area (Å²) in [5.41, 5.74) is 1.80. The molecular formula is C15H17N3O2. The second kappa shape index (κ2) is 6.65. The number of hydrogen-bond donors (Lipinski definition) is 1. The van der Waals surface area contributed by atoms with Gasteiger partial charge in [0, 0.05) is 11.8 Å². The fraction of sp³-hybridized carbons (Fsp3) is 0.267. The minimum Gasteiger partial charge on any atom is -0.410 e. The van der Waals surface area contributed by atoms with Crippen molar-refractivity contribution >= 4 is 11.9 Å². The van der Waals surface area contributed by atoms with Gasteiger partial charge in [0.05, 0.1) is 0 Å². The Bertz CT molecular complexity index is 599. The van der Waals surface area contributed by atoms with E-state index in [1.165, 1.54) is 6.33 Å². The fourth-order valence-corrected chi connectivity index (χ4v) is 1.83. The molecule has 0 fully saturated rings. The van der Waals surface area contributed by atoms with Crippen LogP contribution in [-0.4, -0.2) is 16.1 Å². The number of benzene rings is 1. The first kappa shape index (κ1) is 14.0. The first-order valence-corrected chi connectivity index (χ1v) is 6.54. The molecule has 104 valence electrons. The smallest absolute Gasteiger partial charge is 0.410 e. The van der Waals surface area contributed by atoms with E-state index in [4.69, 9.17) is 4.74 Å². The first-order chi connectivity index (χ1) is 9.69. The minimum atomic E-state index is -0.549. The van der Waals surface area contributed by atoms with Crippen LogP contribution >= 0.6 is 0 Å². The third-order valence-corrected chi connectivity index (χ3v) is 2.73. The number of carbonyl (C=O) groups excluding carboxylic acids is 1. The predicted octanol–water partition coefficient (Wildman–Crippen LogP) is 3.35. The third kappa shape index (κ3) is 3.78. The monoisotopic (exact) mass is 271 g/mol. The lowest BCUT2D eigenvalue weighted by atomic mass is 10.1. The van der Waals surface area contributed by atoms with Crippen molar-refractivity contribution in [3.05, 3.63) is 47.9 Å². The van der Waals surface area contributed by atoms with Crippen molar-refractivity contribution in [1.29, 1.82) is 0 Å². The van der Waals surface area contributed by atoms with Crippen molar-refractivity contribution in [2.24, 2.45) is 0 Å². The van der Waals surface area contributed by atoms with Gasteiger partial charge in [-0.25, -0.2) is 14.8 Å².